The lowest BCUT2D eigenvalue weighted by atomic mass is 10.1. The number of hydrogen-bond donors (Lipinski definition) is 3. The van der Waals surface area contributed by atoms with Crippen LogP contribution in [0.1, 0.15) is 15.9 Å². The molecule has 0 bridgehead atoms. The van der Waals surface area contributed by atoms with Crippen molar-refractivity contribution >= 4 is 11.6 Å². The molecule has 0 saturated carbocycles. The number of aromatic hydroxyl groups is 2. The van der Waals surface area contributed by atoms with Crippen LogP contribution in [0.3, 0.4) is 0 Å². The zero-order valence-corrected chi connectivity index (χ0v) is 11.1. The molecule has 0 atom stereocenters. The second kappa shape index (κ2) is 5.63. The summed E-state index contributed by atoms with van der Waals surface area (Å²) in [6, 6.07) is 11.4. The van der Waals surface area contributed by atoms with E-state index in [1.165, 1.54) is 23.1 Å². The van der Waals surface area contributed by atoms with E-state index in [1.54, 1.807) is 19.2 Å². The van der Waals surface area contributed by atoms with Gasteiger partial charge in [-0.3, -0.25) is 4.79 Å². The Morgan fingerprint density at radius 2 is 1.70 bits per heavy atom. The Balaban J connectivity index is 2.43. The van der Waals surface area contributed by atoms with E-state index in [0.717, 1.165) is 5.56 Å². The van der Waals surface area contributed by atoms with E-state index < -0.39 is 5.91 Å². The Labute approximate surface area is 116 Å². The van der Waals surface area contributed by atoms with Gasteiger partial charge in [0.05, 0.1) is 0 Å². The average molecular weight is 272 g/mol. The minimum absolute atomic E-state index is 0.123. The van der Waals surface area contributed by atoms with Gasteiger partial charge in [-0.2, -0.15) is 0 Å². The predicted molar refractivity (Wildman–Crippen MR) is 76.8 cm³/mol. The molecule has 0 fully saturated rings. The first-order valence-corrected chi connectivity index (χ1v) is 6.13. The summed E-state index contributed by atoms with van der Waals surface area (Å²) >= 11 is 0. The van der Waals surface area contributed by atoms with E-state index >= 15 is 0 Å². The molecule has 0 unspecified atom stereocenters. The van der Waals surface area contributed by atoms with Gasteiger partial charge in [-0.05, 0) is 23.8 Å². The third-order valence-electron chi connectivity index (χ3n) is 3.11. The first kappa shape index (κ1) is 13.9. The molecule has 1 amide bonds. The summed E-state index contributed by atoms with van der Waals surface area (Å²) in [6.45, 7) is 0.292. The number of amides is 1. The highest BCUT2D eigenvalue weighted by atomic mass is 16.3. The van der Waals surface area contributed by atoms with E-state index in [4.69, 9.17) is 5.73 Å². The zero-order chi connectivity index (χ0) is 14.7. The number of nitrogens with zero attached hydrogens (tertiary/aromatic N) is 1. The molecule has 0 spiro atoms. The Morgan fingerprint density at radius 1 is 1.10 bits per heavy atom. The van der Waals surface area contributed by atoms with Gasteiger partial charge >= 0.3 is 0 Å². The van der Waals surface area contributed by atoms with Crippen LogP contribution in [0.15, 0.2) is 42.5 Å². The molecular formula is C15H16N2O3. The van der Waals surface area contributed by atoms with Gasteiger partial charge in [0.2, 0.25) is 0 Å². The normalized spacial score (nSPS) is 10.3. The number of benzene rings is 2. The van der Waals surface area contributed by atoms with Crippen molar-refractivity contribution in [3.05, 3.63) is 53.6 Å². The first-order chi connectivity index (χ1) is 9.56. The van der Waals surface area contributed by atoms with Gasteiger partial charge in [-0.1, -0.05) is 24.3 Å². The van der Waals surface area contributed by atoms with Crippen LogP contribution < -0.4 is 10.6 Å². The van der Waals surface area contributed by atoms with E-state index in [9.17, 15) is 15.0 Å². The van der Waals surface area contributed by atoms with Gasteiger partial charge in [-0.15, -0.1) is 0 Å². The summed E-state index contributed by atoms with van der Waals surface area (Å²) in [5.41, 5.74) is 6.97. The fourth-order valence-electron chi connectivity index (χ4n) is 2.04. The van der Waals surface area contributed by atoms with E-state index in [0.29, 0.717) is 12.2 Å². The molecule has 2 rings (SSSR count). The van der Waals surface area contributed by atoms with Crippen LogP contribution in [-0.4, -0.2) is 23.2 Å². The Bertz CT molecular complexity index is 621. The van der Waals surface area contributed by atoms with Crippen molar-refractivity contribution in [1.29, 1.82) is 0 Å². The topological polar surface area (TPSA) is 86.8 Å². The molecule has 20 heavy (non-hydrogen) atoms. The maximum atomic E-state index is 12.4. The van der Waals surface area contributed by atoms with Gasteiger partial charge in [0.1, 0.15) is 17.1 Å². The standard InChI is InChI=1S/C15H16N2O3/c1-17(11-6-3-2-5-10(11)9-16)15(20)14-12(18)7-4-8-13(14)19/h2-8,18-19H,9,16H2,1H3. The zero-order valence-electron chi connectivity index (χ0n) is 11.1. The first-order valence-electron chi connectivity index (χ1n) is 6.13. The van der Waals surface area contributed by atoms with Crippen LogP contribution in [0.2, 0.25) is 0 Å². The number of phenols is 2. The largest absolute Gasteiger partial charge is 0.507 e. The summed E-state index contributed by atoms with van der Waals surface area (Å²) in [5.74, 6) is -1.01. The molecule has 0 heterocycles. The summed E-state index contributed by atoms with van der Waals surface area (Å²) in [4.78, 5) is 13.8. The minimum atomic E-state index is -0.499. The van der Waals surface area contributed by atoms with Crippen LogP contribution in [0, 0.1) is 0 Å². The molecule has 0 saturated heterocycles. The number of carbonyl (C=O) groups is 1. The predicted octanol–water partition coefficient (Wildman–Crippen LogP) is 1.83. The number of rotatable bonds is 3. The van der Waals surface area contributed by atoms with Crippen LogP contribution in [0.4, 0.5) is 5.69 Å². The number of hydrogen-bond acceptors (Lipinski definition) is 4. The Morgan fingerprint density at radius 3 is 2.30 bits per heavy atom. The molecule has 0 aromatic heterocycles. The fourth-order valence-corrected chi connectivity index (χ4v) is 2.04. The highest BCUT2D eigenvalue weighted by molar-refractivity contribution is 6.09. The molecule has 104 valence electrons. The van der Waals surface area contributed by atoms with Crippen LogP contribution in [0.5, 0.6) is 11.5 Å². The van der Waals surface area contributed by atoms with E-state index in [-0.39, 0.29) is 17.1 Å². The van der Waals surface area contributed by atoms with Gasteiger partial charge in [0.25, 0.3) is 5.91 Å². The number of para-hydroxylation sites is 1. The fraction of sp³-hybridized carbons (Fsp3) is 0.133. The van der Waals surface area contributed by atoms with Gasteiger partial charge in [0, 0.05) is 19.3 Å². The van der Waals surface area contributed by atoms with Crippen molar-refractivity contribution in [2.24, 2.45) is 5.73 Å². The van der Waals surface area contributed by atoms with Crippen LogP contribution in [0.25, 0.3) is 0 Å². The highest BCUT2D eigenvalue weighted by Crippen LogP contribution is 2.29. The maximum Gasteiger partial charge on any atom is 0.265 e. The molecule has 5 heteroatoms. The summed E-state index contributed by atoms with van der Waals surface area (Å²) < 4.78 is 0. The van der Waals surface area contributed by atoms with Crippen molar-refractivity contribution in [3.8, 4) is 11.5 Å². The minimum Gasteiger partial charge on any atom is -0.507 e. The van der Waals surface area contributed by atoms with Crippen LogP contribution >= 0.6 is 0 Å². The number of anilines is 1. The van der Waals surface area contributed by atoms with Crippen molar-refractivity contribution in [2.45, 2.75) is 6.54 Å². The highest BCUT2D eigenvalue weighted by Gasteiger charge is 2.22. The van der Waals surface area contributed by atoms with E-state index in [1.807, 2.05) is 12.1 Å². The number of phenolic OH excluding ortho intramolecular Hbond substituents is 2. The SMILES string of the molecule is CN(C(=O)c1c(O)cccc1O)c1ccccc1CN. The van der Waals surface area contributed by atoms with Gasteiger partial charge in [0.15, 0.2) is 0 Å². The molecule has 0 aliphatic heterocycles. The smallest absolute Gasteiger partial charge is 0.265 e. The maximum absolute atomic E-state index is 12.4. The lowest BCUT2D eigenvalue weighted by molar-refractivity contribution is 0.0987. The second-order valence-corrected chi connectivity index (χ2v) is 4.37. The molecule has 0 radical (unpaired) electrons. The van der Waals surface area contributed by atoms with Crippen molar-refractivity contribution in [2.75, 3.05) is 11.9 Å². The quantitative estimate of drug-likeness (QED) is 0.795. The Kier molecular flexibility index (Phi) is 3.91. The van der Waals surface area contributed by atoms with Gasteiger partial charge < -0.3 is 20.8 Å². The Hall–Kier alpha value is -2.53. The number of nitrogens with two attached hydrogens (primary N) is 1. The average Bonchev–Trinajstić information content (AvgIpc) is 2.46. The van der Waals surface area contributed by atoms with Crippen LogP contribution in [-0.2, 0) is 6.54 Å². The lowest BCUT2D eigenvalue weighted by Gasteiger charge is -2.21. The monoisotopic (exact) mass is 272 g/mol. The van der Waals surface area contributed by atoms with Gasteiger partial charge in [-0.25, -0.2) is 0 Å². The number of carbonyl (C=O) groups excluding carboxylic acids is 1. The summed E-state index contributed by atoms with van der Waals surface area (Å²) in [5, 5.41) is 19.5. The molecule has 0 aliphatic carbocycles. The molecule has 0 aliphatic rings. The van der Waals surface area contributed by atoms with Crippen molar-refractivity contribution in [1.82, 2.24) is 0 Å². The van der Waals surface area contributed by atoms with E-state index in [2.05, 4.69) is 0 Å². The second-order valence-electron chi connectivity index (χ2n) is 4.37. The lowest BCUT2D eigenvalue weighted by Crippen LogP contribution is -2.27. The molecule has 5 nitrogen and oxygen atoms in total. The third-order valence-corrected chi connectivity index (χ3v) is 3.11. The molecule has 4 N–H and O–H groups in total. The third kappa shape index (κ3) is 2.44. The molecule has 2 aromatic rings. The summed E-state index contributed by atoms with van der Waals surface area (Å²) in [6.07, 6.45) is 0. The van der Waals surface area contributed by atoms with Crippen molar-refractivity contribution in [3.63, 3.8) is 0 Å². The van der Waals surface area contributed by atoms with Crippen molar-refractivity contribution < 1.29 is 15.0 Å². The summed E-state index contributed by atoms with van der Waals surface area (Å²) in [7, 11) is 1.57. The molecule has 2 aromatic carbocycles. The molecular weight excluding hydrogens is 256 g/mol.